The van der Waals surface area contributed by atoms with Crippen molar-refractivity contribution >= 4 is 0 Å². The van der Waals surface area contributed by atoms with Crippen molar-refractivity contribution in [2.24, 2.45) is 11.8 Å². The molecule has 0 bridgehead atoms. The second-order valence-electron chi connectivity index (χ2n) is 6.78. The molecule has 1 fully saturated rings. The monoisotopic (exact) mass is 319 g/mol. The van der Waals surface area contributed by atoms with E-state index in [0.717, 1.165) is 31.1 Å². The molecule has 1 aliphatic rings. The Bertz CT molecular complexity index is 533. The molecule has 0 radical (unpaired) electrons. The Labute approximate surface area is 138 Å². The van der Waals surface area contributed by atoms with E-state index >= 15 is 0 Å². The number of halogens is 2. The maximum absolute atomic E-state index is 13.6. The zero-order chi connectivity index (χ0) is 16.7. The van der Waals surface area contributed by atoms with Gasteiger partial charge in [0.1, 0.15) is 5.69 Å². The van der Waals surface area contributed by atoms with Crippen LogP contribution < -0.4 is 0 Å². The van der Waals surface area contributed by atoms with Gasteiger partial charge in [0.05, 0.1) is 0 Å². The summed E-state index contributed by atoms with van der Waals surface area (Å²) in [6, 6.07) is 3.74. The van der Waals surface area contributed by atoms with Crippen LogP contribution in [0.1, 0.15) is 70.1 Å². The van der Waals surface area contributed by atoms with Gasteiger partial charge in [0.2, 0.25) is 0 Å². The predicted octanol–water partition coefficient (Wildman–Crippen LogP) is 5.63. The highest BCUT2D eigenvalue weighted by Gasteiger charge is 2.27. The van der Waals surface area contributed by atoms with E-state index in [4.69, 9.17) is 0 Å². The van der Waals surface area contributed by atoms with Crippen LogP contribution in [0.2, 0.25) is 0 Å². The van der Waals surface area contributed by atoms with Gasteiger partial charge in [-0.2, -0.15) is 8.78 Å². The Morgan fingerprint density at radius 3 is 2.57 bits per heavy atom. The number of unbranched alkanes of at least 4 members (excludes halogenated alkanes) is 2. The lowest BCUT2D eigenvalue weighted by atomic mass is 9.71. The first-order valence-corrected chi connectivity index (χ1v) is 8.88. The van der Waals surface area contributed by atoms with Crippen molar-refractivity contribution in [3.63, 3.8) is 0 Å². The molecule has 0 N–H and O–H groups in total. The molecular formula is C20H27F2N. The minimum absolute atomic E-state index is 0.161. The van der Waals surface area contributed by atoms with Gasteiger partial charge in [-0.3, -0.25) is 0 Å². The van der Waals surface area contributed by atoms with Gasteiger partial charge in [-0.15, -0.1) is 0 Å². The molecule has 2 rings (SSSR count). The first-order chi connectivity index (χ1) is 11.0. The molecule has 0 amide bonds. The molecule has 1 aromatic rings. The lowest BCUT2D eigenvalue weighted by molar-refractivity contribution is 0.0538. The summed E-state index contributed by atoms with van der Waals surface area (Å²) in [6.07, 6.45) is 8.84. The van der Waals surface area contributed by atoms with E-state index in [-0.39, 0.29) is 6.42 Å². The highest BCUT2D eigenvalue weighted by atomic mass is 19.3. The van der Waals surface area contributed by atoms with Gasteiger partial charge in [0.25, 0.3) is 0 Å². The molecule has 0 atom stereocenters. The van der Waals surface area contributed by atoms with E-state index in [9.17, 15) is 8.78 Å². The molecule has 1 saturated carbocycles. The summed E-state index contributed by atoms with van der Waals surface area (Å²) in [5.74, 6) is 3.37. The van der Waals surface area contributed by atoms with Gasteiger partial charge in [0, 0.05) is 12.6 Å². The summed E-state index contributed by atoms with van der Waals surface area (Å²) in [7, 11) is 0. The number of rotatable bonds is 7. The first kappa shape index (κ1) is 17.9. The van der Waals surface area contributed by atoms with E-state index in [2.05, 4.69) is 23.7 Å². The van der Waals surface area contributed by atoms with Gasteiger partial charge in [-0.25, -0.2) is 4.98 Å². The van der Waals surface area contributed by atoms with Crippen LogP contribution in [-0.4, -0.2) is 10.9 Å². The van der Waals surface area contributed by atoms with E-state index < -0.39 is 5.92 Å². The molecule has 0 spiro atoms. The summed E-state index contributed by atoms with van der Waals surface area (Å²) in [5.41, 5.74) is 1.62. The Hall–Kier alpha value is -1.43. The molecule has 126 valence electrons. The van der Waals surface area contributed by atoms with Crippen molar-refractivity contribution in [1.82, 2.24) is 4.98 Å². The van der Waals surface area contributed by atoms with Gasteiger partial charge < -0.3 is 0 Å². The third-order valence-corrected chi connectivity index (χ3v) is 4.73. The van der Waals surface area contributed by atoms with E-state index in [1.54, 1.807) is 12.3 Å². The Morgan fingerprint density at radius 1 is 1.17 bits per heavy atom. The Balaban J connectivity index is 1.84. The summed E-state index contributed by atoms with van der Waals surface area (Å²) >= 11 is 0. The molecule has 0 unspecified atom stereocenters. The highest BCUT2D eigenvalue weighted by molar-refractivity contribution is 5.31. The van der Waals surface area contributed by atoms with Crippen LogP contribution in [0.5, 0.6) is 0 Å². The first-order valence-electron chi connectivity index (χ1n) is 8.88. The molecule has 1 aliphatic carbocycles. The lowest BCUT2D eigenvalue weighted by Gasteiger charge is -2.34. The molecule has 1 heterocycles. The molecule has 0 aromatic carbocycles. The van der Waals surface area contributed by atoms with Crippen molar-refractivity contribution in [2.75, 3.05) is 0 Å². The molecule has 0 aliphatic heterocycles. The fourth-order valence-electron chi connectivity index (χ4n) is 3.14. The summed E-state index contributed by atoms with van der Waals surface area (Å²) in [4.78, 5) is 4.22. The molecule has 3 heteroatoms. The molecule has 1 nitrogen and oxygen atoms in total. The SMILES string of the molecule is CCCCCC(F)(F)C#Cc1ccc(CC2CC(CC)C2)cn1. The fraction of sp³-hybridized carbons (Fsp3) is 0.650. The van der Waals surface area contributed by atoms with Crippen LogP contribution in [0.3, 0.4) is 0 Å². The standard InChI is InChI=1S/C20H27F2N/c1-3-5-6-10-20(21,22)11-9-19-8-7-17(15-23-19)14-18-12-16(4-2)13-18/h7-8,15-16,18H,3-6,10,12-14H2,1-2H3. The van der Waals surface area contributed by atoms with Crippen molar-refractivity contribution in [3.05, 3.63) is 29.6 Å². The van der Waals surface area contributed by atoms with Crippen LogP contribution in [0.25, 0.3) is 0 Å². The average Bonchev–Trinajstić information content (AvgIpc) is 2.50. The van der Waals surface area contributed by atoms with E-state index in [1.165, 1.54) is 24.8 Å². The number of nitrogens with zero attached hydrogens (tertiary/aromatic N) is 1. The van der Waals surface area contributed by atoms with Crippen LogP contribution in [0.4, 0.5) is 8.78 Å². The fourth-order valence-corrected chi connectivity index (χ4v) is 3.14. The van der Waals surface area contributed by atoms with Crippen molar-refractivity contribution in [3.8, 4) is 11.8 Å². The van der Waals surface area contributed by atoms with Crippen LogP contribution >= 0.6 is 0 Å². The number of hydrogen-bond donors (Lipinski definition) is 0. The minimum Gasteiger partial charge on any atom is -0.248 e. The van der Waals surface area contributed by atoms with Crippen molar-refractivity contribution < 1.29 is 8.78 Å². The predicted molar refractivity (Wildman–Crippen MR) is 90.4 cm³/mol. The zero-order valence-corrected chi connectivity index (χ0v) is 14.2. The molecule has 1 aromatic heterocycles. The third kappa shape index (κ3) is 5.94. The van der Waals surface area contributed by atoms with Crippen molar-refractivity contribution in [1.29, 1.82) is 0 Å². The van der Waals surface area contributed by atoms with E-state index in [1.807, 2.05) is 13.0 Å². The summed E-state index contributed by atoms with van der Waals surface area (Å²) in [5, 5.41) is 0. The minimum atomic E-state index is -2.91. The second kappa shape index (κ2) is 8.43. The topological polar surface area (TPSA) is 12.9 Å². The van der Waals surface area contributed by atoms with Crippen molar-refractivity contribution in [2.45, 2.75) is 71.1 Å². The summed E-state index contributed by atoms with van der Waals surface area (Å²) in [6.45, 7) is 4.25. The van der Waals surface area contributed by atoms with E-state index in [0.29, 0.717) is 12.1 Å². The quantitative estimate of drug-likeness (QED) is 0.469. The van der Waals surface area contributed by atoms with Gasteiger partial charge in [-0.05, 0) is 61.0 Å². The Kier molecular flexibility index (Phi) is 6.57. The van der Waals surface area contributed by atoms with Gasteiger partial charge in [0.15, 0.2) is 0 Å². The zero-order valence-electron chi connectivity index (χ0n) is 14.2. The van der Waals surface area contributed by atoms with Crippen LogP contribution in [0, 0.1) is 23.7 Å². The largest absolute Gasteiger partial charge is 0.308 e. The number of alkyl halides is 2. The maximum atomic E-state index is 13.6. The van der Waals surface area contributed by atoms with Gasteiger partial charge in [-0.1, -0.05) is 39.2 Å². The van der Waals surface area contributed by atoms with Gasteiger partial charge >= 0.3 is 5.92 Å². The molecular weight excluding hydrogens is 292 g/mol. The molecule has 23 heavy (non-hydrogen) atoms. The van der Waals surface area contributed by atoms with Crippen LogP contribution in [0.15, 0.2) is 18.3 Å². The summed E-state index contributed by atoms with van der Waals surface area (Å²) < 4.78 is 27.2. The third-order valence-electron chi connectivity index (χ3n) is 4.73. The highest BCUT2D eigenvalue weighted by Crippen LogP contribution is 2.37. The Morgan fingerprint density at radius 2 is 1.96 bits per heavy atom. The second-order valence-corrected chi connectivity index (χ2v) is 6.78. The molecule has 0 saturated heterocycles. The number of aromatic nitrogens is 1. The maximum Gasteiger partial charge on any atom is 0.308 e. The number of hydrogen-bond acceptors (Lipinski definition) is 1. The lowest BCUT2D eigenvalue weighted by Crippen LogP contribution is -2.24. The average molecular weight is 319 g/mol. The number of pyridine rings is 1. The normalized spacial score (nSPS) is 20.5. The van der Waals surface area contributed by atoms with Crippen LogP contribution in [-0.2, 0) is 6.42 Å². The smallest absolute Gasteiger partial charge is 0.248 e.